The second kappa shape index (κ2) is 11.1. The molecular weight excluding hydrogens is 443 g/mol. The number of nitrogens with one attached hydrogen (secondary N) is 2. The van der Waals surface area contributed by atoms with E-state index in [-0.39, 0.29) is 41.5 Å². The molecule has 0 saturated heterocycles. The van der Waals surface area contributed by atoms with Crippen LogP contribution in [-0.4, -0.2) is 37.1 Å². The Kier molecular flexibility index (Phi) is 9.95. The molecular formula is C17H26F2IN3S. The minimum Gasteiger partial charge on any atom is -0.357 e. The fourth-order valence-corrected chi connectivity index (χ4v) is 3.08. The van der Waals surface area contributed by atoms with Crippen LogP contribution in [-0.2, 0) is 0 Å². The maximum absolute atomic E-state index is 13.8. The molecule has 0 spiro atoms. The van der Waals surface area contributed by atoms with Crippen molar-refractivity contribution in [2.24, 2.45) is 4.99 Å². The number of hydrogen-bond acceptors (Lipinski definition) is 2. The van der Waals surface area contributed by atoms with Crippen LogP contribution in [0.1, 0.15) is 37.7 Å². The van der Waals surface area contributed by atoms with Gasteiger partial charge in [0.05, 0.1) is 0 Å². The van der Waals surface area contributed by atoms with Crippen molar-refractivity contribution in [1.82, 2.24) is 10.6 Å². The summed E-state index contributed by atoms with van der Waals surface area (Å²) < 4.78 is 27.6. The highest BCUT2D eigenvalue weighted by atomic mass is 127. The smallest absolute Gasteiger partial charge is 0.191 e. The van der Waals surface area contributed by atoms with Crippen LogP contribution >= 0.6 is 35.7 Å². The van der Waals surface area contributed by atoms with Crippen molar-refractivity contribution in [2.45, 2.75) is 38.1 Å². The maximum atomic E-state index is 13.8. The summed E-state index contributed by atoms with van der Waals surface area (Å²) in [5.74, 6) is 0.852. The van der Waals surface area contributed by atoms with Crippen LogP contribution < -0.4 is 10.6 Å². The minimum absolute atomic E-state index is 0. The Labute approximate surface area is 164 Å². The Balaban J connectivity index is 0.00000288. The Morgan fingerprint density at radius 1 is 1.29 bits per heavy atom. The first-order valence-corrected chi connectivity index (χ1v) is 9.54. The van der Waals surface area contributed by atoms with Crippen molar-refractivity contribution < 1.29 is 8.78 Å². The number of aliphatic imine (C=N–C) groups is 1. The number of unbranched alkanes of at least 4 members (excludes halogenated alkanes) is 1. The van der Waals surface area contributed by atoms with Crippen molar-refractivity contribution in [2.75, 3.05) is 25.1 Å². The molecule has 2 N–H and O–H groups in total. The molecule has 1 fully saturated rings. The van der Waals surface area contributed by atoms with Crippen molar-refractivity contribution in [3.05, 3.63) is 35.4 Å². The van der Waals surface area contributed by atoms with Crippen LogP contribution in [0.3, 0.4) is 0 Å². The van der Waals surface area contributed by atoms with Gasteiger partial charge in [0.25, 0.3) is 0 Å². The number of rotatable bonds is 8. The number of benzene rings is 1. The Morgan fingerprint density at radius 2 is 2.00 bits per heavy atom. The Hall–Kier alpha value is -0.570. The van der Waals surface area contributed by atoms with Gasteiger partial charge in [-0.2, -0.15) is 11.8 Å². The molecule has 2 unspecified atom stereocenters. The number of halogens is 3. The molecule has 0 heterocycles. The van der Waals surface area contributed by atoms with E-state index in [2.05, 4.69) is 21.9 Å². The Bertz CT molecular complexity index is 522. The molecule has 0 aromatic heterocycles. The van der Waals surface area contributed by atoms with Gasteiger partial charge in [0.15, 0.2) is 5.96 Å². The Morgan fingerprint density at radius 3 is 2.62 bits per heavy atom. The maximum Gasteiger partial charge on any atom is 0.191 e. The molecule has 24 heavy (non-hydrogen) atoms. The lowest BCUT2D eigenvalue weighted by molar-refractivity contribution is 0.553. The second-order valence-electron chi connectivity index (χ2n) is 5.69. The van der Waals surface area contributed by atoms with E-state index in [4.69, 9.17) is 0 Å². The minimum atomic E-state index is -0.460. The van der Waals surface area contributed by atoms with Crippen molar-refractivity contribution >= 4 is 41.7 Å². The van der Waals surface area contributed by atoms with Gasteiger partial charge in [0.2, 0.25) is 0 Å². The normalized spacial score (nSPS) is 19.6. The first kappa shape index (κ1) is 21.5. The summed E-state index contributed by atoms with van der Waals surface area (Å²) in [7, 11) is 0. The van der Waals surface area contributed by atoms with Gasteiger partial charge < -0.3 is 10.6 Å². The molecule has 1 aliphatic rings. The lowest BCUT2D eigenvalue weighted by atomic mass is 10.1. The van der Waals surface area contributed by atoms with E-state index < -0.39 is 11.6 Å². The van der Waals surface area contributed by atoms with Crippen LogP contribution in [0.25, 0.3) is 0 Å². The average Bonchev–Trinajstić information content (AvgIpc) is 3.26. The zero-order valence-corrected chi connectivity index (χ0v) is 17.3. The van der Waals surface area contributed by atoms with E-state index in [0.717, 1.165) is 44.1 Å². The second-order valence-corrected chi connectivity index (χ2v) is 6.67. The fourth-order valence-electron chi connectivity index (χ4n) is 2.58. The van der Waals surface area contributed by atoms with Gasteiger partial charge >= 0.3 is 0 Å². The third kappa shape index (κ3) is 6.38. The number of hydrogen-bond donors (Lipinski definition) is 2. The summed E-state index contributed by atoms with van der Waals surface area (Å²) in [6.07, 6.45) is 5.03. The summed E-state index contributed by atoms with van der Waals surface area (Å²) in [6.45, 7) is 3.54. The summed E-state index contributed by atoms with van der Waals surface area (Å²) in [6, 6.07) is 4.09. The number of nitrogens with zero attached hydrogens (tertiary/aromatic N) is 1. The summed E-state index contributed by atoms with van der Waals surface area (Å²) in [4.78, 5) is 4.54. The molecule has 1 aromatic carbocycles. The van der Waals surface area contributed by atoms with Crippen LogP contribution in [0.15, 0.2) is 23.2 Å². The van der Waals surface area contributed by atoms with Crippen LogP contribution in [0.2, 0.25) is 0 Å². The monoisotopic (exact) mass is 469 g/mol. The van der Waals surface area contributed by atoms with E-state index in [1.807, 2.05) is 18.7 Å². The lowest BCUT2D eigenvalue weighted by Gasteiger charge is -2.11. The fraction of sp³-hybridized carbons (Fsp3) is 0.588. The molecule has 2 atom stereocenters. The van der Waals surface area contributed by atoms with Crippen LogP contribution in [0, 0.1) is 11.6 Å². The topological polar surface area (TPSA) is 36.4 Å². The highest BCUT2D eigenvalue weighted by molar-refractivity contribution is 14.0. The molecule has 0 radical (unpaired) electrons. The molecule has 2 rings (SSSR count). The molecule has 0 amide bonds. The predicted octanol–water partition coefficient (Wildman–Crippen LogP) is 4.14. The number of thioether (sulfide) groups is 1. The van der Waals surface area contributed by atoms with Crippen molar-refractivity contribution in [3.63, 3.8) is 0 Å². The first-order valence-electron chi connectivity index (χ1n) is 8.15. The van der Waals surface area contributed by atoms with Gasteiger partial charge in [-0.3, -0.25) is 4.99 Å². The molecule has 3 nitrogen and oxygen atoms in total. The van der Waals surface area contributed by atoms with Gasteiger partial charge in [-0.1, -0.05) is 6.07 Å². The summed E-state index contributed by atoms with van der Waals surface area (Å²) in [5, 5.41) is 6.48. The standard InChI is InChI=1S/C17H25F2N3S.HI/c1-3-20-17(21-9-4-5-10-23-2)22-15-11-12(15)16-13(18)7-6-8-14(16)19;/h6-8,12,15H,3-5,9-11H2,1-2H3,(H2,20,21,22);1H. The van der Waals surface area contributed by atoms with Crippen LogP contribution in [0.4, 0.5) is 8.78 Å². The SMILES string of the molecule is CCNC(=NCCCCSC)NC1CC1c1c(F)cccc1F.I. The molecule has 1 aliphatic carbocycles. The number of guanidine groups is 1. The first-order chi connectivity index (χ1) is 11.2. The third-order valence-corrected chi connectivity index (χ3v) is 4.55. The molecule has 7 heteroatoms. The van der Waals surface area contributed by atoms with E-state index in [0.29, 0.717) is 0 Å². The van der Waals surface area contributed by atoms with Gasteiger partial charge in [0, 0.05) is 30.6 Å². The third-order valence-electron chi connectivity index (χ3n) is 3.85. The zero-order chi connectivity index (χ0) is 16.7. The van der Waals surface area contributed by atoms with E-state index in [9.17, 15) is 8.78 Å². The molecule has 136 valence electrons. The van der Waals surface area contributed by atoms with Gasteiger partial charge in [-0.05, 0) is 50.3 Å². The summed E-state index contributed by atoms with van der Waals surface area (Å²) >= 11 is 1.84. The molecule has 1 saturated carbocycles. The van der Waals surface area contributed by atoms with E-state index in [1.165, 1.54) is 18.2 Å². The summed E-state index contributed by atoms with van der Waals surface area (Å²) in [5.41, 5.74) is 0.195. The lowest BCUT2D eigenvalue weighted by Crippen LogP contribution is -2.39. The van der Waals surface area contributed by atoms with Gasteiger partial charge in [-0.15, -0.1) is 24.0 Å². The molecule has 0 bridgehead atoms. The van der Waals surface area contributed by atoms with Crippen LogP contribution in [0.5, 0.6) is 0 Å². The highest BCUT2D eigenvalue weighted by Crippen LogP contribution is 2.42. The largest absolute Gasteiger partial charge is 0.357 e. The van der Waals surface area contributed by atoms with Gasteiger partial charge in [-0.25, -0.2) is 8.78 Å². The quantitative estimate of drug-likeness (QED) is 0.260. The van der Waals surface area contributed by atoms with Gasteiger partial charge in [0.1, 0.15) is 11.6 Å². The molecule has 1 aromatic rings. The predicted molar refractivity (Wildman–Crippen MR) is 110 cm³/mol. The van der Waals surface area contributed by atoms with Crippen molar-refractivity contribution in [3.8, 4) is 0 Å². The van der Waals surface area contributed by atoms with Crippen molar-refractivity contribution in [1.29, 1.82) is 0 Å². The highest BCUT2D eigenvalue weighted by Gasteiger charge is 2.42. The molecule has 0 aliphatic heterocycles. The zero-order valence-electron chi connectivity index (χ0n) is 14.1. The average molecular weight is 469 g/mol. The van der Waals surface area contributed by atoms with E-state index in [1.54, 1.807) is 0 Å². The van der Waals surface area contributed by atoms with E-state index >= 15 is 0 Å².